The summed E-state index contributed by atoms with van der Waals surface area (Å²) in [7, 11) is 0. The Balaban J connectivity index is 1.42. The molecule has 0 bridgehead atoms. The monoisotopic (exact) mass is 374 g/mol. The van der Waals surface area contributed by atoms with Gasteiger partial charge < -0.3 is 9.47 Å². The van der Waals surface area contributed by atoms with Crippen LogP contribution in [-0.2, 0) is 45.1 Å². The van der Waals surface area contributed by atoms with Gasteiger partial charge >= 0.3 is 11.9 Å². The predicted molar refractivity (Wildman–Crippen MR) is 106 cm³/mol. The van der Waals surface area contributed by atoms with Gasteiger partial charge in [0.25, 0.3) is 0 Å². The van der Waals surface area contributed by atoms with Gasteiger partial charge in [0, 0.05) is 0 Å². The highest BCUT2D eigenvalue weighted by atomic mass is 16.5. The van der Waals surface area contributed by atoms with Crippen molar-refractivity contribution in [2.24, 2.45) is 0 Å². The Labute approximate surface area is 164 Å². The number of carbonyl (C=O) groups excluding carboxylic acids is 2. The van der Waals surface area contributed by atoms with Crippen LogP contribution in [0.1, 0.15) is 22.3 Å². The number of hydrogen-bond acceptors (Lipinski definition) is 4. The summed E-state index contributed by atoms with van der Waals surface area (Å²) in [5.74, 6) is -0.558. The van der Waals surface area contributed by atoms with Gasteiger partial charge in [-0.1, -0.05) is 84.9 Å². The van der Waals surface area contributed by atoms with Crippen molar-refractivity contribution in [1.29, 1.82) is 0 Å². The maximum atomic E-state index is 12.0. The van der Waals surface area contributed by atoms with Gasteiger partial charge in [-0.05, 0) is 22.3 Å². The molecule has 0 N–H and O–H groups in total. The molecule has 0 fully saturated rings. The smallest absolute Gasteiger partial charge is 0.310 e. The topological polar surface area (TPSA) is 52.6 Å². The Bertz CT molecular complexity index is 810. The predicted octanol–water partition coefficient (Wildman–Crippen LogP) is 4.26. The minimum absolute atomic E-state index is 0.200. The molecule has 0 atom stereocenters. The van der Waals surface area contributed by atoms with Crippen LogP contribution in [0.25, 0.3) is 0 Å². The van der Waals surface area contributed by atoms with Crippen LogP contribution in [0.5, 0.6) is 0 Å². The summed E-state index contributed by atoms with van der Waals surface area (Å²) in [6, 6.07) is 26.5. The average molecular weight is 374 g/mol. The summed E-state index contributed by atoms with van der Waals surface area (Å²) in [5, 5.41) is 0. The van der Waals surface area contributed by atoms with E-state index in [-0.39, 0.29) is 38.0 Å². The molecule has 0 spiro atoms. The molecule has 0 aliphatic carbocycles. The van der Waals surface area contributed by atoms with E-state index in [9.17, 15) is 9.59 Å². The number of ether oxygens (including phenoxy) is 2. The van der Waals surface area contributed by atoms with Gasteiger partial charge in [-0.15, -0.1) is 0 Å². The van der Waals surface area contributed by atoms with Crippen molar-refractivity contribution in [2.75, 3.05) is 0 Å². The molecule has 0 saturated carbocycles. The zero-order valence-corrected chi connectivity index (χ0v) is 15.5. The Morgan fingerprint density at radius 2 is 0.857 bits per heavy atom. The lowest BCUT2D eigenvalue weighted by atomic mass is 10.1. The van der Waals surface area contributed by atoms with E-state index in [2.05, 4.69) is 0 Å². The minimum atomic E-state index is -0.279. The zero-order chi connectivity index (χ0) is 19.6. The largest absolute Gasteiger partial charge is 0.461 e. The molecule has 142 valence electrons. The first-order chi connectivity index (χ1) is 13.7. The number of benzene rings is 3. The van der Waals surface area contributed by atoms with E-state index in [4.69, 9.17) is 9.47 Å². The third-order valence-electron chi connectivity index (χ3n) is 4.21. The highest BCUT2D eigenvalue weighted by molar-refractivity contribution is 5.74. The molecule has 0 aliphatic heterocycles. The highest BCUT2D eigenvalue weighted by Gasteiger charge is 2.08. The van der Waals surface area contributed by atoms with Crippen LogP contribution >= 0.6 is 0 Å². The Morgan fingerprint density at radius 1 is 0.500 bits per heavy atom. The lowest BCUT2D eigenvalue weighted by Crippen LogP contribution is -2.09. The van der Waals surface area contributed by atoms with Crippen LogP contribution in [0.3, 0.4) is 0 Å². The molecule has 3 aromatic carbocycles. The van der Waals surface area contributed by atoms with Gasteiger partial charge in [-0.25, -0.2) is 0 Å². The van der Waals surface area contributed by atoms with Crippen LogP contribution in [0.15, 0.2) is 84.9 Å². The van der Waals surface area contributed by atoms with E-state index >= 15 is 0 Å². The standard InChI is InChI=1S/C24H22O4/c25-23(27-17-21-7-3-1-4-8-21)15-19-11-13-20(14-12-19)16-24(26)28-18-22-9-5-2-6-10-22/h1-14H,15-18H2. The molecule has 0 radical (unpaired) electrons. The van der Waals surface area contributed by atoms with Gasteiger partial charge in [0.1, 0.15) is 13.2 Å². The highest BCUT2D eigenvalue weighted by Crippen LogP contribution is 2.09. The number of esters is 2. The second kappa shape index (κ2) is 10.1. The minimum Gasteiger partial charge on any atom is -0.461 e. The first-order valence-electron chi connectivity index (χ1n) is 9.16. The molecular weight excluding hydrogens is 352 g/mol. The first-order valence-corrected chi connectivity index (χ1v) is 9.16. The summed E-state index contributed by atoms with van der Waals surface area (Å²) in [5.41, 5.74) is 3.61. The second-order valence-electron chi connectivity index (χ2n) is 6.46. The molecule has 4 heteroatoms. The maximum absolute atomic E-state index is 12.0. The normalized spacial score (nSPS) is 10.3. The molecule has 0 unspecified atom stereocenters. The maximum Gasteiger partial charge on any atom is 0.310 e. The fourth-order valence-corrected chi connectivity index (χ4v) is 2.69. The number of hydrogen-bond donors (Lipinski definition) is 0. The van der Waals surface area contributed by atoms with Crippen molar-refractivity contribution in [2.45, 2.75) is 26.1 Å². The number of rotatable bonds is 8. The fraction of sp³-hybridized carbons (Fsp3) is 0.167. The average Bonchev–Trinajstić information content (AvgIpc) is 2.74. The van der Waals surface area contributed by atoms with Crippen LogP contribution in [0.4, 0.5) is 0 Å². The molecule has 3 rings (SSSR count). The van der Waals surface area contributed by atoms with Crippen LogP contribution in [-0.4, -0.2) is 11.9 Å². The molecule has 4 nitrogen and oxygen atoms in total. The van der Waals surface area contributed by atoms with Crippen molar-refractivity contribution < 1.29 is 19.1 Å². The molecule has 3 aromatic rings. The quantitative estimate of drug-likeness (QED) is 0.553. The third kappa shape index (κ3) is 6.40. The van der Waals surface area contributed by atoms with Crippen molar-refractivity contribution in [3.63, 3.8) is 0 Å². The van der Waals surface area contributed by atoms with Gasteiger partial charge in [-0.2, -0.15) is 0 Å². The van der Waals surface area contributed by atoms with Gasteiger partial charge in [0.15, 0.2) is 0 Å². The molecule has 28 heavy (non-hydrogen) atoms. The van der Waals surface area contributed by atoms with E-state index in [1.807, 2.05) is 84.9 Å². The lowest BCUT2D eigenvalue weighted by molar-refractivity contribution is -0.145. The summed E-state index contributed by atoms with van der Waals surface area (Å²) in [6.07, 6.45) is 0.400. The molecule has 0 amide bonds. The molecule has 0 aromatic heterocycles. The summed E-state index contributed by atoms with van der Waals surface area (Å²) in [6.45, 7) is 0.538. The van der Waals surface area contributed by atoms with E-state index in [1.54, 1.807) is 0 Å². The Morgan fingerprint density at radius 3 is 1.21 bits per heavy atom. The zero-order valence-electron chi connectivity index (χ0n) is 15.5. The van der Waals surface area contributed by atoms with Crippen molar-refractivity contribution in [1.82, 2.24) is 0 Å². The number of carbonyl (C=O) groups is 2. The Kier molecular flexibility index (Phi) is 6.96. The van der Waals surface area contributed by atoms with Gasteiger partial charge in [0.2, 0.25) is 0 Å². The van der Waals surface area contributed by atoms with E-state index < -0.39 is 0 Å². The molecule has 0 heterocycles. The van der Waals surface area contributed by atoms with E-state index in [1.165, 1.54) is 0 Å². The fourth-order valence-electron chi connectivity index (χ4n) is 2.69. The van der Waals surface area contributed by atoms with Gasteiger partial charge in [-0.3, -0.25) is 9.59 Å². The third-order valence-corrected chi connectivity index (χ3v) is 4.21. The van der Waals surface area contributed by atoms with E-state index in [0.717, 1.165) is 22.3 Å². The first kappa shape index (κ1) is 19.4. The summed E-state index contributed by atoms with van der Waals surface area (Å²) < 4.78 is 10.6. The van der Waals surface area contributed by atoms with Crippen LogP contribution in [0, 0.1) is 0 Å². The SMILES string of the molecule is O=C(Cc1ccc(CC(=O)OCc2ccccc2)cc1)OCc1ccccc1. The van der Waals surface area contributed by atoms with Gasteiger partial charge in [0.05, 0.1) is 12.8 Å². The van der Waals surface area contributed by atoms with Crippen LogP contribution < -0.4 is 0 Å². The lowest BCUT2D eigenvalue weighted by Gasteiger charge is -2.07. The van der Waals surface area contributed by atoms with E-state index in [0.29, 0.717) is 0 Å². The summed E-state index contributed by atoms with van der Waals surface area (Å²) >= 11 is 0. The Hall–Kier alpha value is -3.40. The summed E-state index contributed by atoms with van der Waals surface area (Å²) in [4.78, 5) is 23.9. The van der Waals surface area contributed by atoms with Crippen molar-refractivity contribution in [3.8, 4) is 0 Å². The molecular formula is C24H22O4. The van der Waals surface area contributed by atoms with Crippen LogP contribution in [0.2, 0.25) is 0 Å². The molecule has 0 saturated heterocycles. The second-order valence-corrected chi connectivity index (χ2v) is 6.46. The van der Waals surface area contributed by atoms with Crippen molar-refractivity contribution >= 4 is 11.9 Å². The molecule has 0 aliphatic rings. The van der Waals surface area contributed by atoms with Crippen molar-refractivity contribution in [3.05, 3.63) is 107 Å².